The zero-order valence-corrected chi connectivity index (χ0v) is 10.5. The van der Waals surface area contributed by atoms with E-state index in [1.54, 1.807) is 0 Å². The van der Waals surface area contributed by atoms with E-state index in [4.69, 9.17) is 5.73 Å². The second kappa shape index (κ2) is 6.02. The van der Waals surface area contributed by atoms with Gasteiger partial charge in [-0.3, -0.25) is 9.80 Å². The van der Waals surface area contributed by atoms with E-state index in [2.05, 4.69) is 18.7 Å². The summed E-state index contributed by atoms with van der Waals surface area (Å²) in [5, 5.41) is 0. The van der Waals surface area contributed by atoms with E-state index in [1.807, 2.05) is 4.90 Å². The molecular weight excluding hydrogens is 231 g/mol. The minimum atomic E-state index is -4.18. The molecule has 1 aliphatic rings. The van der Waals surface area contributed by atoms with Crippen LogP contribution in [0, 0.1) is 5.92 Å². The highest BCUT2D eigenvalue weighted by Gasteiger charge is 2.40. The van der Waals surface area contributed by atoms with E-state index < -0.39 is 12.1 Å². The quantitative estimate of drug-likeness (QED) is 0.816. The molecule has 0 aromatic carbocycles. The van der Waals surface area contributed by atoms with E-state index in [1.165, 1.54) is 0 Å². The number of piperazine rings is 1. The van der Waals surface area contributed by atoms with Crippen molar-refractivity contribution in [3.8, 4) is 0 Å². The second-order valence-electron chi connectivity index (χ2n) is 4.71. The average Bonchev–Trinajstić information content (AvgIpc) is 2.24. The summed E-state index contributed by atoms with van der Waals surface area (Å²) in [4.78, 5) is 4.16. The number of hydrogen-bond acceptors (Lipinski definition) is 3. The lowest BCUT2D eigenvalue weighted by Gasteiger charge is -2.40. The largest absolute Gasteiger partial charge is 0.394 e. The fourth-order valence-electron chi connectivity index (χ4n) is 2.33. The van der Waals surface area contributed by atoms with Gasteiger partial charge in [0.2, 0.25) is 0 Å². The van der Waals surface area contributed by atoms with Gasteiger partial charge in [0.15, 0.2) is 0 Å². The summed E-state index contributed by atoms with van der Waals surface area (Å²) in [5.74, 6) is -1.40. The zero-order chi connectivity index (χ0) is 13.1. The van der Waals surface area contributed by atoms with E-state index in [0.29, 0.717) is 19.1 Å². The first-order valence-corrected chi connectivity index (χ1v) is 6.11. The van der Waals surface area contributed by atoms with Crippen LogP contribution in [0.2, 0.25) is 0 Å². The predicted octanol–water partition coefficient (Wildman–Crippen LogP) is 1.15. The summed E-state index contributed by atoms with van der Waals surface area (Å²) in [6, 6.07) is 0.320. The highest BCUT2D eigenvalue weighted by atomic mass is 19.4. The molecule has 0 aromatic heterocycles. The van der Waals surface area contributed by atoms with Gasteiger partial charge in [-0.2, -0.15) is 13.2 Å². The zero-order valence-electron chi connectivity index (χ0n) is 10.5. The van der Waals surface area contributed by atoms with Gasteiger partial charge in [0.05, 0.1) is 5.92 Å². The Kier molecular flexibility index (Phi) is 5.22. The lowest BCUT2D eigenvalue weighted by Crippen LogP contribution is -2.54. The molecule has 1 heterocycles. The number of nitrogens with two attached hydrogens (primary N) is 1. The molecular formula is C11H22F3N3. The average molecular weight is 253 g/mol. The van der Waals surface area contributed by atoms with Crippen LogP contribution in [0.15, 0.2) is 0 Å². The molecule has 0 spiro atoms. The molecule has 0 saturated carbocycles. The molecule has 3 nitrogen and oxygen atoms in total. The maximum Gasteiger partial charge on any atom is 0.394 e. The van der Waals surface area contributed by atoms with Crippen molar-refractivity contribution in [1.29, 1.82) is 0 Å². The second-order valence-corrected chi connectivity index (χ2v) is 4.71. The molecule has 1 saturated heterocycles. The molecule has 2 atom stereocenters. The van der Waals surface area contributed by atoms with Gasteiger partial charge in [0, 0.05) is 38.8 Å². The van der Waals surface area contributed by atoms with Crippen LogP contribution < -0.4 is 5.73 Å². The van der Waals surface area contributed by atoms with E-state index in [9.17, 15) is 13.2 Å². The van der Waals surface area contributed by atoms with Crippen LogP contribution in [0.4, 0.5) is 13.2 Å². The molecule has 17 heavy (non-hydrogen) atoms. The van der Waals surface area contributed by atoms with Gasteiger partial charge in [-0.05, 0) is 13.5 Å². The van der Waals surface area contributed by atoms with Gasteiger partial charge in [-0.1, -0.05) is 6.92 Å². The molecule has 102 valence electrons. The fraction of sp³-hybridized carbons (Fsp3) is 1.00. The van der Waals surface area contributed by atoms with Crippen LogP contribution >= 0.6 is 0 Å². The molecule has 0 aromatic rings. The van der Waals surface area contributed by atoms with Crippen molar-refractivity contribution in [1.82, 2.24) is 9.80 Å². The van der Waals surface area contributed by atoms with E-state index in [0.717, 1.165) is 13.1 Å². The third-order valence-corrected chi connectivity index (χ3v) is 3.48. The number of alkyl halides is 3. The SMILES string of the molecule is CCN1CCN(CC(CN)C(F)(F)F)CC1C. The molecule has 1 fully saturated rings. The van der Waals surface area contributed by atoms with Crippen molar-refractivity contribution in [2.45, 2.75) is 26.1 Å². The van der Waals surface area contributed by atoms with Crippen molar-refractivity contribution in [2.24, 2.45) is 11.7 Å². The number of likely N-dealkylation sites (N-methyl/N-ethyl adjacent to an activating group) is 1. The van der Waals surface area contributed by atoms with Crippen molar-refractivity contribution >= 4 is 0 Å². The minimum absolute atomic E-state index is 0.0297. The van der Waals surface area contributed by atoms with E-state index >= 15 is 0 Å². The molecule has 6 heteroatoms. The molecule has 1 aliphatic heterocycles. The number of rotatable bonds is 4. The summed E-state index contributed by atoms with van der Waals surface area (Å²) in [6.07, 6.45) is -4.18. The smallest absolute Gasteiger partial charge is 0.330 e. The maximum absolute atomic E-state index is 12.6. The predicted molar refractivity (Wildman–Crippen MR) is 61.7 cm³/mol. The van der Waals surface area contributed by atoms with Crippen molar-refractivity contribution < 1.29 is 13.2 Å². The van der Waals surface area contributed by atoms with Crippen molar-refractivity contribution in [3.05, 3.63) is 0 Å². The van der Waals surface area contributed by atoms with Gasteiger partial charge in [-0.25, -0.2) is 0 Å². The highest BCUT2D eigenvalue weighted by Crippen LogP contribution is 2.26. The standard InChI is InChI=1S/C11H22F3N3/c1-3-17-5-4-16(7-9(17)2)8-10(6-15)11(12,13)14/h9-10H,3-8,15H2,1-2H3. The van der Waals surface area contributed by atoms with Gasteiger partial charge in [-0.15, -0.1) is 0 Å². The van der Waals surface area contributed by atoms with Gasteiger partial charge >= 0.3 is 6.18 Å². The van der Waals surface area contributed by atoms with Crippen molar-refractivity contribution in [2.75, 3.05) is 39.3 Å². The number of hydrogen-bond donors (Lipinski definition) is 1. The fourth-order valence-corrected chi connectivity index (χ4v) is 2.33. The van der Waals surface area contributed by atoms with Crippen molar-refractivity contribution in [3.63, 3.8) is 0 Å². The lowest BCUT2D eigenvalue weighted by atomic mass is 10.1. The first kappa shape index (κ1) is 14.7. The third-order valence-electron chi connectivity index (χ3n) is 3.48. The van der Waals surface area contributed by atoms with Crippen LogP contribution in [0.3, 0.4) is 0 Å². The van der Waals surface area contributed by atoms with E-state index in [-0.39, 0.29) is 13.1 Å². The normalized spacial score (nSPS) is 26.1. The summed E-state index contributed by atoms with van der Waals surface area (Å²) >= 11 is 0. The molecule has 0 radical (unpaired) electrons. The molecule has 0 amide bonds. The minimum Gasteiger partial charge on any atom is -0.330 e. The number of halogens is 3. The van der Waals surface area contributed by atoms with Crippen LogP contribution in [-0.4, -0.2) is 61.3 Å². The Balaban J connectivity index is 2.48. The Hall–Kier alpha value is -0.330. The summed E-state index contributed by atoms with van der Waals surface area (Å²) in [7, 11) is 0. The van der Waals surface area contributed by atoms with Gasteiger partial charge in [0.1, 0.15) is 0 Å². The molecule has 2 unspecified atom stereocenters. The van der Waals surface area contributed by atoms with Gasteiger partial charge < -0.3 is 5.73 Å². The molecule has 0 aliphatic carbocycles. The first-order chi connectivity index (χ1) is 7.88. The Morgan fingerprint density at radius 1 is 1.35 bits per heavy atom. The van der Waals surface area contributed by atoms with Crippen LogP contribution in [0.1, 0.15) is 13.8 Å². The lowest BCUT2D eigenvalue weighted by molar-refractivity contribution is -0.177. The summed E-state index contributed by atoms with van der Waals surface area (Å²) in [6.45, 7) is 7.02. The Bertz CT molecular complexity index is 232. The molecule has 1 rings (SSSR count). The highest BCUT2D eigenvalue weighted by molar-refractivity contribution is 4.81. The Morgan fingerprint density at radius 2 is 2.00 bits per heavy atom. The monoisotopic (exact) mass is 253 g/mol. The maximum atomic E-state index is 12.6. The first-order valence-electron chi connectivity index (χ1n) is 6.11. The van der Waals surface area contributed by atoms with Gasteiger partial charge in [0.25, 0.3) is 0 Å². The summed E-state index contributed by atoms with van der Waals surface area (Å²) < 4.78 is 37.8. The third kappa shape index (κ3) is 4.12. The topological polar surface area (TPSA) is 32.5 Å². The number of nitrogens with zero attached hydrogens (tertiary/aromatic N) is 2. The summed E-state index contributed by atoms with van der Waals surface area (Å²) in [5.41, 5.74) is 5.21. The van der Waals surface area contributed by atoms with Crippen LogP contribution in [0.5, 0.6) is 0 Å². The van der Waals surface area contributed by atoms with Crippen LogP contribution in [-0.2, 0) is 0 Å². The molecule has 2 N–H and O–H groups in total. The Labute approximate surface area is 101 Å². The Morgan fingerprint density at radius 3 is 2.41 bits per heavy atom. The van der Waals surface area contributed by atoms with Crippen LogP contribution in [0.25, 0.3) is 0 Å². The molecule has 0 bridgehead atoms.